The van der Waals surface area contributed by atoms with Crippen LogP contribution in [0, 0.1) is 5.41 Å². The molecule has 0 bridgehead atoms. The minimum atomic E-state index is -0.804. The van der Waals surface area contributed by atoms with E-state index in [0.29, 0.717) is 6.54 Å². The Morgan fingerprint density at radius 1 is 1.36 bits per heavy atom. The predicted octanol–water partition coefficient (Wildman–Crippen LogP) is 0.255. The molecule has 5 nitrogen and oxygen atoms in total. The van der Waals surface area contributed by atoms with Crippen LogP contribution in [0.3, 0.4) is 0 Å². The molecule has 5 heteroatoms. The molecule has 0 aromatic heterocycles. The first-order valence-corrected chi connectivity index (χ1v) is 4.75. The summed E-state index contributed by atoms with van der Waals surface area (Å²) in [5.74, 6) is -1.52. The molecule has 2 aliphatic rings. The fourth-order valence-corrected chi connectivity index (χ4v) is 1.71. The molecule has 0 spiro atoms. The first kappa shape index (κ1) is 9.18. The number of imide groups is 2. The average molecular weight is 196 g/mol. The van der Waals surface area contributed by atoms with E-state index >= 15 is 0 Å². The highest BCUT2D eigenvalue weighted by atomic mass is 16.2. The summed E-state index contributed by atoms with van der Waals surface area (Å²) in [6.07, 6.45) is 3.02. The first-order valence-electron chi connectivity index (χ1n) is 4.75. The molecule has 0 aromatic rings. The molecule has 0 unspecified atom stereocenters. The molecule has 14 heavy (non-hydrogen) atoms. The van der Waals surface area contributed by atoms with Crippen LogP contribution in [0.2, 0.25) is 0 Å². The van der Waals surface area contributed by atoms with Gasteiger partial charge in [-0.15, -0.1) is 0 Å². The molecule has 1 aliphatic heterocycles. The molecule has 1 saturated carbocycles. The molecule has 2 fully saturated rings. The van der Waals surface area contributed by atoms with Gasteiger partial charge in [-0.3, -0.25) is 19.8 Å². The van der Waals surface area contributed by atoms with Crippen LogP contribution >= 0.6 is 0 Å². The number of hydrogen-bond donors (Lipinski definition) is 1. The quantitative estimate of drug-likeness (QED) is 0.520. The lowest BCUT2D eigenvalue weighted by molar-refractivity contribution is -0.140. The highest BCUT2D eigenvalue weighted by molar-refractivity contribution is 6.44. The van der Waals surface area contributed by atoms with E-state index in [0.717, 1.165) is 24.2 Å². The molecule has 4 amide bonds. The summed E-state index contributed by atoms with van der Waals surface area (Å²) in [6.45, 7) is 2.42. The van der Waals surface area contributed by atoms with E-state index in [2.05, 4.69) is 0 Å². The van der Waals surface area contributed by atoms with Gasteiger partial charge < -0.3 is 0 Å². The van der Waals surface area contributed by atoms with E-state index in [-0.39, 0.29) is 5.41 Å². The zero-order valence-corrected chi connectivity index (χ0v) is 8.00. The molecular weight excluding hydrogens is 184 g/mol. The van der Waals surface area contributed by atoms with Gasteiger partial charge in [-0.2, -0.15) is 0 Å². The smallest absolute Gasteiger partial charge is 0.269 e. The van der Waals surface area contributed by atoms with Crippen molar-refractivity contribution in [1.29, 1.82) is 0 Å². The third-order valence-corrected chi connectivity index (χ3v) is 3.11. The Bertz CT molecular complexity index is 320. The van der Waals surface area contributed by atoms with Crippen LogP contribution in [0.15, 0.2) is 0 Å². The van der Waals surface area contributed by atoms with E-state index in [1.165, 1.54) is 0 Å². The minimum absolute atomic E-state index is 0.0949. The number of rotatable bonds is 3. The first-order chi connectivity index (χ1) is 6.58. The maximum Gasteiger partial charge on any atom is 0.331 e. The number of amides is 4. The van der Waals surface area contributed by atoms with Gasteiger partial charge in [-0.1, -0.05) is 6.92 Å². The Morgan fingerprint density at radius 2 is 2.00 bits per heavy atom. The zero-order chi connectivity index (χ0) is 10.3. The van der Waals surface area contributed by atoms with Gasteiger partial charge in [-0.25, -0.2) is 4.79 Å². The van der Waals surface area contributed by atoms with Crippen LogP contribution in [0.5, 0.6) is 0 Å². The Kier molecular flexibility index (Phi) is 1.83. The fourth-order valence-electron chi connectivity index (χ4n) is 1.71. The molecule has 1 heterocycles. The van der Waals surface area contributed by atoms with Crippen molar-refractivity contribution in [3.05, 3.63) is 0 Å². The van der Waals surface area contributed by atoms with E-state index in [1.807, 2.05) is 12.2 Å². The second-order valence-electron chi connectivity index (χ2n) is 4.00. The highest BCUT2D eigenvalue weighted by Gasteiger charge is 2.47. The molecule has 0 aromatic carbocycles. The van der Waals surface area contributed by atoms with Crippen LogP contribution in [0.1, 0.15) is 26.2 Å². The Hall–Kier alpha value is -1.39. The molecule has 0 radical (unpaired) electrons. The maximum absolute atomic E-state index is 11.2. The second kappa shape index (κ2) is 2.80. The van der Waals surface area contributed by atoms with Crippen LogP contribution < -0.4 is 5.32 Å². The van der Waals surface area contributed by atoms with E-state index in [4.69, 9.17) is 0 Å². The zero-order valence-electron chi connectivity index (χ0n) is 8.00. The normalized spacial score (nSPS) is 24.1. The summed E-state index contributed by atoms with van der Waals surface area (Å²) in [4.78, 5) is 34.3. The summed E-state index contributed by atoms with van der Waals surface area (Å²) in [5, 5.41) is 1.99. The van der Waals surface area contributed by atoms with Gasteiger partial charge in [0.2, 0.25) is 0 Å². The number of urea groups is 1. The third-order valence-electron chi connectivity index (χ3n) is 3.11. The van der Waals surface area contributed by atoms with Gasteiger partial charge in [0.15, 0.2) is 0 Å². The Balaban J connectivity index is 2.08. The standard InChI is InChI=1S/C9H12N2O3/c1-2-9(3-4-9)5-11-7(13)6(12)10-8(11)14/h2-5H2,1H3,(H,10,12,14). The van der Waals surface area contributed by atoms with Gasteiger partial charge in [0.05, 0.1) is 0 Å². The van der Waals surface area contributed by atoms with Crippen LogP contribution in [-0.2, 0) is 9.59 Å². The van der Waals surface area contributed by atoms with E-state index < -0.39 is 17.8 Å². The van der Waals surface area contributed by atoms with Crippen molar-refractivity contribution in [2.24, 2.45) is 5.41 Å². The van der Waals surface area contributed by atoms with Gasteiger partial charge in [0.25, 0.3) is 0 Å². The minimum Gasteiger partial charge on any atom is -0.269 e. The van der Waals surface area contributed by atoms with E-state index in [9.17, 15) is 14.4 Å². The fraction of sp³-hybridized carbons (Fsp3) is 0.667. The lowest BCUT2D eigenvalue weighted by Gasteiger charge is -2.18. The lowest BCUT2D eigenvalue weighted by atomic mass is 10.0. The van der Waals surface area contributed by atoms with Gasteiger partial charge in [0, 0.05) is 6.54 Å². The SMILES string of the molecule is CCC1(CN2C(=O)NC(=O)C2=O)CC1. The summed E-state index contributed by atoms with van der Waals surface area (Å²) < 4.78 is 0. The van der Waals surface area contributed by atoms with Crippen molar-refractivity contribution in [1.82, 2.24) is 10.2 Å². The van der Waals surface area contributed by atoms with E-state index in [1.54, 1.807) is 0 Å². The molecular formula is C9H12N2O3. The molecule has 1 aliphatic carbocycles. The van der Waals surface area contributed by atoms with Crippen molar-refractivity contribution >= 4 is 17.8 Å². The van der Waals surface area contributed by atoms with Gasteiger partial charge >= 0.3 is 17.8 Å². The summed E-state index contributed by atoms with van der Waals surface area (Å²) in [6, 6.07) is -0.570. The third kappa shape index (κ3) is 1.29. The summed E-state index contributed by atoms with van der Waals surface area (Å²) in [7, 11) is 0. The van der Waals surface area contributed by atoms with Crippen molar-refractivity contribution in [3.63, 3.8) is 0 Å². The number of carbonyl (C=O) groups excluding carboxylic acids is 3. The number of hydrogen-bond acceptors (Lipinski definition) is 3. The predicted molar refractivity (Wildman–Crippen MR) is 47.2 cm³/mol. The molecule has 1 saturated heterocycles. The van der Waals surface area contributed by atoms with Crippen LogP contribution in [0.4, 0.5) is 4.79 Å². The van der Waals surface area contributed by atoms with Crippen molar-refractivity contribution in [2.75, 3.05) is 6.54 Å². The largest absolute Gasteiger partial charge is 0.331 e. The Morgan fingerprint density at radius 3 is 2.36 bits per heavy atom. The molecule has 76 valence electrons. The molecule has 1 N–H and O–H groups in total. The van der Waals surface area contributed by atoms with Gasteiger partial charge in [-0.05, 0) is 24.7 Å². The number of nitrogens with zero attached hydrogens (tertiary/aromatic N) is 1. The number of carbonyl (C=O) groups is 3. The topological polar surface area (TPSA) is 66.5 Å². The van der Waals surface area contributed by atoms with Crippen molar-refractivity contribution in [3.8, 4) is 0 Å². The second-order valence-corrected chi connectivity index (χ2v) is 4.00. The summed E-state index contributed by atoms with van der Waals surface area (Å²) in [5.41, 5.74) is 0.0949. The average Bonchev–Trinajstić information content (AvgIpc) is 2.88. The van der Waals surface area contributed by atoms with Crippen molar-refractivity contribution in [2.45, 2.75) is 26.2 Å². The van der Waals surface area contributed by atoms with Crippen LogP contribution in [0.25, 0.3) is 0 Å². The monoisotopic (exact) mass is 196 g/mol. The Labute approximate surface area is 81.4 Å². The van der Waals surface area contributed by atoms with Crippen molar-refractivity contribution < 1.29 is 14.4 Å². The molecule has 0 atom stereocenters. The number of nitrogens with one attached hydrogen (secondary N) is 1. The maximum atomic E-state index is 11.2. The van der Waals surface area contributed by atoms with Gasteiger partial charge in [0.1, 0.15) is 0 Å². The highest BCUT2D eigenvalue weighted by Crippen LogP contribution is 2.49. The lowest BCUT2D eigenvalue weighted by Crippen LogP contribution is -2.36. The van der Waals surface area contributed by atoms with Crippen LogP contribution in [-0.4, -0.2) is 29.3 Å². The summed E-state index contributed by atoms with van der Waals surface area (Å²) >= 11 is 0. The molecule has 2 rings (SSSR count).